The van der Waals surface area contributed by atoms with Crippen LogP contribution in [0.1, 0.15) is 41.7 Å². The minimum Gasteiger partial charge on any atom is -0.477 e. The Balaban J connectivity index is 2.00. The van der Waals surface area contributed by atoms with Gasteiger partial charge in [-0.25, -0.2) is 4.79 Å². The van der Waals surface area contributed by atoms with Gasteiger partial charge in [0.25, 0.3) is 0 Å². The van der Waals surface area contributed by atoms with E-state index in [0.29, 0.717) is 12.6 Å². The zero-order valence-electron chi connectivity index (χ0n) is 11.1. The average molecular weight is 265 g/mol. The molecule has 1 saturated heterocycles. The van der Waals surface area contributed by atoms with Crippen molar-refractivity contribution >= 4 is 5.97 Å². The zero-order valence-corrected chi connectivity index (χ0v) is 11.1. The summed E-state index contributed by atoms with van der Waals surface area (Å²) in [5.74, 6) is -1.17. The summed E-state index contributed by atoms with van der Waals surface area (Å²) in [4.78, 5) is 22.4. The van der Waals surface area contributed by atoms with Crippen LogP contribution in [0.3, 0.4) is 0 Å². The Labute approximate surface area is 111 Å². The smallest absolute Gasteiger partial charge is 0.341 e. The molecule has 5 nitrogen and oxygen atoms in total. The number of aromatic nitrogens is 1. The number of aryl methyl sites for hydroxylation is 2. The van der Waals surface area contributed by atoms with Crippen LogP contribution in [0.5, 0.6) is 0 Å². The first-order valence-electron chi connectivity index (χ1n) is 6.64. The van der Waals surface area contributed by atoms with Crippen molar-refractivity contribution in [2.24, 2.45) is 0 Å². The number of hydrogen-bond acceptors (Lipinski definition) is 3. The van der Waals surface area contributed by atoms with Crippen LogP contribution in [-0.4, -0.2) is 28.4 Å². The van der Waals surface area contributed by atoms with Crippen molar-refractivity contribution < 1.29 is 14.6 Å². The Bertz CT molecular complexity index is 515. The maximum Gasteiger partial charge on any atom is 0.341 e. The van der Waals surface area contributed by atoms with Crippen molar-refractivity contribution in [1.29, 1.82) is 0 Å². The van der Waals surface area contributed by atoms with Crippen molar-refractivity contribution in [2.45, 2.75) is 45.3 Å². The van der Waals surface area contributed by atoms with Gasteiger partial charge < -0.3 is 14.4 Å². The van der Waals surface area contributed by atoms with Gasteiger partial charge in [-0.3, -0.25) is 4.79 Å². The van der Waals surface area contributed by atoms with Gasteiger partial charge in [-0.15, -0.1) is 0 Å². The number of carbonyl (C=O) groups is 1. The molecule has 104 valence electrons. The van der Waals surface area contributed by atoms with E-state index in [-0.39, 0.29) is 5.56 Å². The molecule has 2 heterocycles. The van der Waals surface area contributed by atoms with Crippen LogP contribution < -0.4 is 5.43 Å². The molecule has 1 aliphatic heterocycles. The highest BCUT2D eigenvalue weighted by atomic mass is 16.5. The van der Waals surface area contributed by atoms with E-state index in [1.165, 1.54) is 12.3 Å². The molecular weight excluding hydrogens is 246 g/mol. The van der Waals surface area contributed by atoms with Crippen molar-refractivity contribution in [3.63, 3.8) is 0 Å². The highest BCUT2D eigenvalue weighted by molar-refractivity contribution is 5.87. The highest BCUT2D eigenvalue weighted by Crippen LogP contribution is 2.17. The minimum absolute atomic E-state index is 0.164. The lowest BCUT2D eigenvalue weighted by Gasteiger charge is -2.13. The summed E-state index contributed by atoms with van der Waals surface area (Å²) in [7, 11) is 0. The fraction of sp³-hybridized carbons (Fsp3) is 0.571. The van der Waals surface area contributed by atoms with Crippen molar-refractivity contribution in [3.05, 3.63) is 33.7 Å². The molecule has 1 aliphatic rings. The van der Waals surface area contributed by atoms with Gasteiger partial charge in [-0.2, -0.15) is 0 Å². The van der Waals surface area contributed by atoms with Crippen LogP contribution in [0.15, 0.2) is 17.1 Å². The second-order valence-electron chi connectivity index (χ2n) is 4.97. The molecule has 5 heteroatoms. The van der Waals surface area contributed by atoms with Gasteiger partial charge in [-0.1, -0.05) is 0 Å². The van der Waals surface area contributed by atoms with Gasteiger partial charge in [0.05, 0.1) is 6.10 Å². The number of rotatable bonds is 5. The average Bonchev–Trinajstić information content (AvgIpc) is 2.84. The second-order valence-corrected chi connectivity index (χ2v) is 4.97. The molecule has 1 aromatic heterocycles. The third-order valence-corrected chi connectivity index (χ3v) is 3.52. The summed E-state index contributed by atoms with van der Waals surface area (Å²) in [5, 5.41) is 8.95. The quantitative estimate of drug-likeness (QED) is 0.881. The monoisotopic (exact) mass is 265 g/mol. The predicted octanol–water partition coefficient (Wildman–Crippen LogP) is 1.81. The van der Waals surface area contributed by atoms with Gasteiger partial charge in [0.15, 0.2) is 5.43 Å². The van der Waals surface area contributed by atoms with Gasteiger partial charge >= 0.3 is 5.97 Å². The van der Waals surface area contributed by atoms with E-state index in [1.54, 1.807) is 0 Å². The first kappa shape index (κ1) is 13.8. The lowest BCUT2D eigenvalue weighted by Crippen LogP contribution is -2.19. The summed E-state index contributed by atoms with van der Waals surface area (Å²) < 4.78 is 7.38. The zero-order chi connectivity index (χ0) is 13.8. The van der Waals surface area contributed by atoms with Crippen LogP contribution in [0, 0.1) is 6.92 Å². The van der Waals surface area contributed by atoms with Gasteiger partial charge in [0.1, 0.15) is 5.56 Å². The number of nitrogens with zero attached hydrogens (tertiary/aromatic N) is 1. The molecule has 1 unspecified atom stereocenters. The Hall–Kier alpha value is -1.62. The van der Waals surface area contributed by atoms with Crippen LogP contribution in [0.4, 0.5) is 0 Å². The minimum atomic E-state index is -1.17. The summed E-state index contributed by atoms with van der Waals surface area (Å²) in [6, 6.07) is 1.38. The SMILES string of the molecule is Cc1cc(=O)c(C(=O)O)cn1CCCC1CCCO1. The molecule has 1 N–H and O–H groups in total. The number of aromatic carboxylic acids is 1. The Morgan fingerprint density at radius 3 is 3.00 bits per heavy atom. The molecule has 1 atom stereocenters. The third-order valence-electron chi connectivity index (χ3n) is 3.52. The summed E-state index contributed by atoms with van der Waals surface area (Å²) in [6.07, 6.45) is 5.93. The molecule has 2 rings (SSSR count). The number of carboxylic acids is 1. The first-order chi connectivity index (χ1) is 9.08. The van der Waals surface area contributed by atoms with E-state index in [0.717, 1.165) is 38.0 Å². The van der Waals surface area contributed by atoms with E-state index in [9.17, 15) is 9.59 Å². The molecule has 19 heavy (non-hydrogen) atoms. The van der Waals surface area contributed by atoms with Crippen molar-refractivity contribution in [3.8, 4) is 0 Å². The van der Waals surface area contributed by atoms with Crippen LogP contribution in [-0.2, 0) is 11.3 Å². The molecule has 1 fully saturated rings. The van der Waals surface area contributed by atoms with Crippen molar-refractivity contribution in [2.75, 3.05) is 6.61 Å². The molecule has 0 bridgehead atoms. The van der Waals surface area contributed by atoms with Crippen LogP contribution in [0.25, 0.3) is 0 Å². The largest absolute Gasteiger partial charge is 0.477 e. The normalized spacial score (nSPS) is 18.7. The molecule has 0 aromatic carbocycles. The molecule has 0 saturated carbocycles. The predicted molar refractivity (Wildman–Crippen MR) is 70.6 cm³/mol. The highest BCUT2D eigenvalue weighted by Gasteiger charge is 2.15. The maximum atomic E-state index is 11.5. The van der Waals surface area contributed by atoms with Crippen LogP contribution >= 0.6 is 0 Å². The first-order valence-corrected chi connectivity index (χ1v) is 6.64. The maximum absolute atomic E-state index is 11.5. The molecule has 0 aliphatic carbocycles. The molecule has 0 radical (unpaired) electrons. The topological polar surface area (TPSA) is 68.5 Å². The standard InChI is InChI=1S/C14H19NO4/c1-10-8-13(16)12(14(17)18)9-15(10)6-2-4-11-5-3-7-19-11/h8-9,11H,2-7H2,1H3,(H,17,18). The molecular formula is C14H19NO4. The van der Waals surface area contributed by atoms with E-state index in [1.807, 2.05) is 11.5 Å². The van der Waals surface area contributed by atoms with E-state index in [2.05, 4.69) is 0 Å². The fourth-order valence-electron chi connectivity index (χ4n) is 2.43. The Kier molecular flexibility index (Phi) is 4.37. The van der Waals surface area contributed by atoms with E-state index < -0.39 is 11.4 Å². The number of pyridine rings is 1. The summed E-state index contributed by atoms with van der Waals surface area (Å²) >= 11 is 0. The lowest BCUT2D eigenvalue weighted by atomic mass is 10.1. The van der Waals surface area contributed by atoms with E-state index >= 15 is 0 Å². The van der Waals surface area contributed by atoms with Gasteiger partial charge in [0.2, 0.25) is 0 Å². The van der Waals surface area contributed by atoms with Gasteiger partial charge in [-0.05, 0) is 32.6 Å². The molecule has 0 amide bonds. The Morgan fingerprint density at radius 2 is 2.37 bits per heavy atom. The number of carboxylic acid groups (broad SMARTS) is 1. The van der Waals surface area contributed by atoms with E-state index in [4.69, 9.17) is 9.84 Å². The van der Waals surface area contributed by atoms with Gasteiger partial charge in [0, 0.05) is 31.1 Å². The second kappa shape index (κ2) is 6.02. The lowest BCUT2D eigenvalue weighted by molar-refractivity contribution is 0.0694. The Morgan fingerprint density at radius 1 is 1.58 bits per heavy atom. The fourth-order valence-corrected chi connectivity index (χ4v) is 2.43. The molecule has 1 aromatic rings. The number of ether oxygens (including phenoxy) is 1. The summed E-state index contributed by atoms with van der Waals surface area (Å²) in [6.45, 7) is 3.39. The number of hydrogen-bond donors (Lipinski definition) is 1. The molecule has 0 spiro atoms. The third kappa shape index (κ3) is 3.44. The van der Waals surface area contributed by atoms with Crippen molar-refractivity contribution in [1.82, 2.24) is 4.57 Å². The van der Waals surface area contributed by atoms with Crippen LogP contribution in [0.2, 0.25) is 0 Å². The summed E-state index contributed by atoms with van der Waals surface area (Å²) in [5.41, 5.74) is 0.199.